The van der Waals surface area contributed by atoms with Crippen molar-refractivity contribution in [2.45, 2.75) is 5.16 Å². The molecule has 11 heteroatoms. The van der Waals surface area contributed by atoms with Gasteiger partial charge < -0.3 is 15.0 Å². The van der Waals surface area contributed by atoms with Crippen molar-refractivity contribution in [3.8, 4) is 11.4 Å². The van der Waals surface area contributed by atoms with Crippen LogP contribution in [0, 0.1) is 0 Å². The van der Waals surface area contributed by atoms with Gasteiger partial charge in [0.1, 0.15) is 11.6 Å². The van der Waals surface area contributed by atoms with Crippen LogP contribution < -0.4 is 26.9 Å². The molecule has 0 saturated carbocycles. The molecule has 0 fully saturated rings. The molecule has 0 aliphatic heterocycles. The van der Waals surface area contributed by atoms with Crippen molar-refractivity contribution in [1.82, 2.24) is 19.5 Å². The fourth-order valence-corrected chi connectivity index (χ4v) is 3.69. The summed E-state index contributed by atoms with van der Waals surface area (Å²) in [4.78, 5) is 58.1. The van der Waals surface area contributed by atoms with Crippen LogP contribution >= 0.6 is 11.8 Å². The van der Waals surface area contributed by atoms with Gasteiger partial charge in [0.05, 0.1) is 29.5 Å². The van der Waals surface area contributed by atoms with Gasteiger partial charge in [-0.15, -0.1) is 0 Å². The predicted octanol–water partition coefficient (Wildman–Crippen LogP) is 1.50. The molecular formula is C21H17N5O5S. The first-order valence-corrected chi connectivity index (χ1v) is 10.4. The number of thioether (sulfide) groups is 1. The van der Waals surface area contributed by atoms with Crippen LogP contribution in [-0.4, -0.2) is 38.3 Å². The molecule has 162 valence electrons. The lowest BCUT2D eigenvalue weighted by atomic mass is 10.2. The number of amides is 1. The van der Waals surface area contributed by atoms with Crippen LogP contribution in [0.2, 0.25) is 0 Å². The fourth-order valence-electron chi connectivity index (χ4n) is 3.02. The SMILES string of the molecule is COc1ccc(-n2c(NC(=O)CSc3nc4ccccc4c(=O)[nH]3)cc(=O)[nH]c2=O)cc1. The lowest BCUT2D eigenvalue weighted by Gasteiger charge is -2.13. The molecule has 0 spiro atoms. The van der Waals surface area contributed by atoms with Crippen molar-refractivity contribution in [1.29, 1.82) is 0 Å². The maximum absolute atomic E-state index is 12.5. The summed E-state index contributed by atoms with van der Waals surface area (Å²) < 4.78 is 6.28. The zero-order valence-electron chi connectivity index (χ0n) is 16.7. The summed E-state index contributed by atoms with van der Waals surface area (Å²) in [6, 6.07) is 14.5. The van der Waals surface area contributed by atoms with Crippen LogP contribution in [0.25, 0.3) is 16.6 Å². The number of aromatic amines is 2. The molecule has 2 aromatic heterocycles. The first kappa shape index (κ1) is 21.1. The Morgan fingerprint density at radius 2 is 1.84 bits per heavy atom. The largest absolute Gasteiger partial charge is 0.497 e. The van der Waals surface area contributed by atoms with Crippen molar-refractivity contribution in [3.63, 3.8) is 0 Å². The minimum atomic E-state index is -0.703. The van der Waals surface area contributed by atoms with Gasteiger partial charge in [-0.25, -0.2) is 14.3 Å². The van der Waals surface area contributed by atoms with E-state index in [4.69, 9.17) is 4.74 Å². The number of para-hydroxylation sites is 1. The average Bonchev–Trinajstić information content (AvgIpc) is 2.78. The second kappa shape index (κ2) is 8.94. The molecule has 0 bridgehead atoms. The summed E-state index contributed by atoms with van der Waals surface area (Å²) in [6.45, 7) is 0. The monoisotopic (exact) mass is 451 g/mol. The zero-order valence-corrected chi connectivity index (χ0v) is 17.6. The Kier molecular flexibility index (Phi) is 5.90. The van der Waals surface area contributed by atoms with E-state index in [1.807, 2.05) is 0 Å². The first-order valence-electron chi connectivity index (χ1n) is 9.37. The summed E-state index contributed by atoms with van der Waals surface area (Å²) >= 11 is 1.02. The summed E-state index contributed by atoms with van der Waals surface area (Å²) in [7, 11) is 1.52. The molecule has 4 rings (SSSR count). The summed E-state index contributed by atoms with van der Waals surface area (Å²) in [5, 5.41) is 3.31. The lowest BCUT2D eigenvalue weighted by Crippen LogP contribution is -2.32. The van der Waals surface area contributed by atoms with Crippen LogP contribution in [-0.2, 0) is 4.79 Å². The Hall–Kier alpha value is -4.12. The smallest absolute Gasteiger partial charge is 0.334 e. The minimum absolute atomic E-state index is 0.00878. The molecule has 0 unspecified atom stereocenters. The second-order valence-electron chi connectivity index (χ2n) is 6.58. The first-order chi connectivity index (χ1) is 15.4. The van der Waals surface area contributed by atoms with Gasteiger partial charge in [0.2, 0.25) is 5.91 Å². The Bertz CT molecular complexity index is 1470. The molecule has 4 aromatic rings. The highest BCUT2D eigenvalue weighted by molar-refractivity contribution is 7.99. The zero-order chi connectivity index (χ0) is 22.7. The molecule has 0 aliphatic carbocycles. The summed E-state index contributed by atoms with van der Waals surface area (Å²) in [5.74, 6) is 0.00266. The van der Waals surface area contributed by atoms with Gasteiger partial charge >= 0.3 is 5.69 Å². The summed E-state index contributed by atoms with van der Waals surface area (Å²) in [5.41, 5.74) is -0.714. The van der Waals surface area contributed by atoms with Gasteiger partial charge in [-0.2, -0.15) is 0 Å². The van der Waals surface area contributed by atoms with Gasteiger partial charge in [-0.05, 0) is 36.4 Å². The molecule has 0 radical (unpaired) electrons. The number of H-pyrrole nitrogens is 2. The average molecular weight is 451 g/mol. The molecule has 32 heavy (non-hydrogen) atoms. The van der Waals surface area contributed by atoms with Crippen LogP contribution in [0.15, 0.2) is 74.1 Å². The highest BCUT2D eigenvalue weighted by atomic mass is 32.2. The van der Waals surface area contributed by atoms with E-state index in [1.165, 1.54) is 11.7 Å². The van der Waals surface area contributed by atoms with E-state index in [1.54, 1.807) is 48.5 Å². The number of benzene rings is 2. The number of fused-ring (bicyclic) bond motifs is 1. The standard InChI is InChI=1S/C21H17N5O5S/c1-31-13-8-6-12(7-9-13)26-16(10-17(27)24-21(26)30)23-18(28)11-32-20-22-15-5-3-2-4-14(15)19(29)25-20/h2-10H,11H2,1H3,(H,23,28)(H,22,25,29)(H,24,27,30). The molecule has 10 nitrogen and oxygen atoms in total. The van der Waals surface area contributed by atoms with Crippen molar-refractivity contribution >= 4 is 34.4 Å². The highest BCUT2D eigenvalue weighted by Gasteiger charge is 2.13. The van der Waals surface area contributed by atoms with E-state index in [0.717, 1.165) is 17.8 Å². The number of aromatic nitrogens is 4. The second-order valence-corrected chi connectivity index (χ2v) is 7.55. The van der Waals surface area contributed by atoms with Gasteiger partial charge in [0.15, 0.2) is 5.16 Å². The predicted molar refractivity (Wildman–Crippen MR) is 121 cm³/mol. The van der Waals surface area contributed by atoms with Gasteiger partial charge in [-0.1, -0.05) is 23.9 Å². The van der Waals surface area contributed by atoms with E-state index in [9.17, 15) is 19.2 Å². The van der Waals surface area contributed by atoms with E-state index in [-0.39, 0.29) is 22.3 Å². The number of hydrogen-bond acceptors (Lipinski definition) is 7. The quantitative estimate of drug-likeness (QED) is 0.298. The number of methoxy groups -OCH3 is 1. The molecule has 0 saturated heterocycles. The third-order valence-electron chi connectivity index (χ3n) is 4.47. The molecule has 0 atom stereocenters. The van der Waals surface area contributed by atoms with E-state index in [0.29, 0.717) is 22.3 Å². The number of ether oxygens (including phenoxy) is 1. The third-order valence-corrected chi connectivity index (χ3v) is 5.34. The Labute approximate surface area is 184 Å². The van der Waals surface area contributed by atoms with Crippen molar-refractivity contribution in [2.75, 3.05) is 18.2 Å². The number of carbonyl (C=O) groups excluding carboxylic acids is 1. The number of nitrogens with one attached hydrogen (secondary N) is 3. The van der Waals surface area contributed by atoms with Crippen LogP contribution in [0.1, 0.15) is 0 Å². The van der Waals surface area contributed by atoms with Crippen molar-refractivity contribution < 1.29 is 9.53 Å². The Morgan fingerprint density at radius 1 is 1.09 bits per heavy atom. The number of carbonyl (C=O) groups is 1. The molecule has 3 N–H and O–H groups in total. The molecule has 1 amide bonds. The normalized spacial score (nSPS) is 10.8. The molecule has 2 aromatic carbocycles. The van der Waals surface area contributed by atoms with E-state index < -0.39 is 17.2 Å². The molecule has 2 heterocycles. The highest BCUT2D eigenvalue weighted by Crippen LogP contribution is 2.18. The number of nitrogens with zero attached hydrogens (tertiary/aromatic N) is 2. The van der Waals surface area contributed by atoms with Crippen molar-refractivity contribution in [3.05, 3.63) is 85.8 Å². The third kappa shape index (κ3) is 4.47. The topological polar surface area (TPSA) is 139 Å². The van der Waals surface area contributed by atoms with Crippen LogP contribution in [0.5, 0.6) is 5.75 Å². The number of anilines is 1. The van der Waals surface area contributed by atoms with Crippen LogP contribution in [0.4, 0.5) is 5.82 Å². The van der Waals surface area contributed by atoms with Gasteiger partial charge in [0.25, 0.3) is 11.1 Å². The fraction of sp³-hybridized carbons (Fsp3) is 0.0952. The number of rotatable bonds is 6. The van der Waals surface area contributed by atoms with E-state index in [2.05, 4.69) is 20.3 Å². The van der Waals surface area contributed by atoms with Gasteiger partial charge in [-0.3, -0.25) is 19.4 Å². The lowest BCUT2D eigenvalue weighted by molar-refractivity contribution is -0.113. The molecule has 0 aliphatic rings. The summed E-state index contributed by atoms with van der Waals surface area (Å²) in [6.07, 6.45) is 0. The Morgan fingerprint density at radius 3 is 2.59 bits per heavy atom. The van der Waals surface area contributed by atoms with E-state index >= 15 is 0 Å². The van der Waals surface area contributed by atoms with Crippen LogP contribution in [0.3, 0.4) is 0 Å². The Balaban J connectivity index is 1.56. The maximum atomic E-state index is 12.5. The maximum Gasteiger partial charge on any atom is 0.334 e. The molecular weight excluding hydrogens is 434 g/mol. The van der Waals surface area contributed by atoms with Crippen molar-refractivity contribution in [2.24, 2.45) is 0 Å². The number of hydrogen-bond donors (Lipinski definition) is 3. The minimum Gasteiger partial charge on any atom is -0.497 e. The van der Waals surface area contributed by atoms with Gasteiger partial charge in [0, 0.05) is 6.07 Å².